The second-order valence-electron chi connectivity index (χ2n) is 4.31. The lowest BCUT2D eigenvalue weighted by Gasteiger charge is -2.20. The Labute approximate surface area is 99.7 Å². The number of carbonyl (C=O) groups is 2. The third-order valence-electron chi connectivity index (χ3n) is 2.57. The smallest absolute Gasteiger partial charge is 0.305 e. The third-order valence-corrected chi connectivity index (χ3v) is 2.57. The number of carbonyl (C=O) groups excluding carboxylic acids is 1. The van der Waals surface area contributed by atoms with Gasteiger partial charge in [-0.3, -0.25) is 9.59 Å². The molecule has 0 saturated heterocycles. The van der Waals surface area contributed by atoms with Crippen LogP contribution in [0.15, 0.2) is 12.5 Å². The van der Waals surface area contributed by atoms with Crippen molar-refractivity contribution < 1.29 is 14.7 Å². The van der Waals surface area contributed by atoms with Crippen LogP contribution in [0.3, 0.4) is 0 Å². The molecule has 1 amide bonds. The van der Waals surface area contributed by atoms with Gasteiger partial charge in [-0.05, 0) is 5.92 Å². The van der Waals surface area contributed by atoms with Crippen molar-refractivity contribution in [2.75, 3.05) is 0 Å². The number of aromatic nitrogens is 2. The molecule has 0 aromatic carbocycles. The Balaban J connectivity index is 2.71. The van der Waals surface area contributed by atoms with Gasteiger partial charge in [0.05, 0.1) is 18.9 Å². The van der Waals surface area contributed by atoms with Gasteiger partial charge in [0.2, 0.25) is 0 Å². The molecule has 1 rings (SSSR count). The minimum atomic E-state index is -0.922. The summed E-state index contributed by atoms with van der Waals surface area (Å²) in [6, 6.07) is -0.380. The number of rotatable bonds is 5. The summed E-state index contributed by atoms with van der Waals surface area (Å²) in [5.74, 6) is -1.16. The van der Waals surface area contributed by atoms with E-state index in [0.29, 0.717) is 5.69 Å². The van der Waals surface area contributed by atoms with Crippen molar-refractivity contribution in [3.63, 3.8) is 0 Å². The van der Waals surface area contributed by atoms with Crippen LogP contribution in [0.25, 0.3) is 0 Å². The summed E-state index contributed by atoms with van der Waals surface area (Å²) in [7, 11) is 1.71. The minimum Gasteiger partial charge on any atom is -0.481 e. The molecule has 0 fully saturated rings. The maximum Gasteiger partial charge on any atom is 0.305 e. The quantitative estimate of drug-likeness (QED) is 0.790. The number of nitrogens with one attached hydrogen (secondary N) is 1. The van der Waals surface area contributed by atoms with E-state index in [1.807, 2.05) is 13.8 Å². The predicted molar refractivity (Wildman–Crippen MR) is 61.6 cm³/mol. The number of carboxylic acids is 1. The molecule has 0 spiro atoms. The normalized spacial score (nSPS) is 12.5. The summed E-state index contributed by atoms with van der Waals surface area (Å²) in [6.45, 7) is 3.74. The van der Waals surface area contributed by atoms with Crippen LogP contribution in [0.4, 0.5) is 0 Å². The van der Waals surface area contributed by atoms with Crippen molar-refractivity contribution >= 4 is 11.9 Å². The number of hydrogen-bond donors (Lipinski definition) is 2. The van der Waals surface area contributed by atoms with Crippen LogP contribution in [0.1, 0.15) is 30.8 Å². The monoisotopic (exact) mass is 239 g/mol. The van der Waals surface area contributed by atoms with Gasteiger partial charge in [-0.25, -0.2) is 4.98 Å². The lowest BCUT2D eigenvalue weighted by molar-refractivity contribution is -0.137. The summed E-state index contributed by atoms with van der Waals surface area (Å²) in [6.07, 6.45) is 2.89. The molecule has 0 bridgehead atoms. The fourth-order valence-corrected chi connectivity index (χ4v) is 1.46. The highest BCUT2D eigenvalue weighted by Gasteiger charge is 2.21. The fraction of sp³-hybridized carbons (Fsp3) is 0.545. The second kappa shape index (κ2) is 5.47. The first-order valence-electron chi connectivity index (χ1n) is 5.40. The fourth-order valence-electron chi connectivity index (χ4n) is 1.46. The molecule has 2 N–H and O–H groups in total. The van der Waals surface area contributed by atoms with Crippen molar-refractivity contribution in [2.24, 2.45) is 13.0 Å². The van der Waals surface area contributed by atoms with Gasteiger partial charge in [0, 0.05) is 13.1 Å². The van der Waals surface area contributed by atoms with E-state index >= 15 is 0 Å². The highest BCUT2D eigenvalue weighted by atomic mass is 16.4. The zero-order valence-corrected chi connectivity index (χ0v) is 10.2. The Bertz CT molecular complexity index is 412. The topological polar surface area (TPSA) is 84.2 Å². The van der Waals surface area contributed by atoms with Gasteiger partial charge in [-0.2, -0.15) is 0 Å². The molecule has 0 radical (unpaired) electrons. The molecule has 0 aliphatic heterocycles. The zero-order valence-electron chi connectivity index (χ0n) is 10.2. The van der Waals surface area contributed by atoms with Crippen LogP contribution >= 0.6 is 0 Å². The van der Waals surface area contributed by atoms with Gasteiger partial charge in [0.15, 0.2) is 0 Å². The van der Waals surface area contributed by atoms with Gasteiger partial charge >= 0.3 is 5.97 Å². The van der Waals surface area contributed by atoms with Crippen LogP contribution in [0, 0.1) is 5.92 Å². The van der Waals surface area contributed by atoms with Crippen molar-refractivity contribution in [2.45, 2.75) is 26.3 Å². The standard InChI is InChI=1S/C11H17N3O3/c1-7(2)8(4-10(15)16)13-11(17)9-5-12-6-14(9)3/h5-8H,4H2,1-3H3,(H,13,17)(H,15,16). The lowest BCUT2D eigenvalue weighted by atomic mass is 10.0. The molecular weight excluding hydrogens is 222 g/mol. The molecular formula is C11H17N3O3. The zero-order chi connectivity index (χ0) is 13.0. The predicted octanol–water partition coefficient (Wildman–Crippen LogP) is 0.649. The van der Waals surface area contributed by atoms with E-state index in [1.165, 1.54) is 12.5 Å². The molecule has 6 heteroatoms. The molecule has 0 aliphatic rings. The summed E-state index contributed by atoms with van der Waals surface area (Å²) in [4.78, 5) is 26.4. The van der Waals surface area contributed by atoms with E-state index in [-0.39, 0.29) is 24.3 Å². The van der Waals surface area contributed by atoms with E-state index in [0.717, 1.165) is 0 Å². The molecule has 1 heterocycles. The van der Waals surface area contributed by atoms with Crippen LogP contribution in [0.5, 0.6) is 0 Å². The first kappa shape index (κ1) is 13.2. The molecule has 94 valence electrons. The van der Waals surface area contributed by atoms with E-state index in [2.05, 4.69) is 10.3 Å². The summed E-state index contributed by atoms with van der Waals surface area (Å²) >= 11 is 0. The molecule has 1 unspecified atom stereocenters. The highest BCUT2D eigenvalue weighted by molar-refractivity contribution is 5.92. The van der Waals surface area contributed by atoms with Crippen LogP contribution in [-0.4, -0.2) is 32.6 Å². The lowest BCUT2D eigenvalue weighted by Crippen LogP contribution is -2.40. The summed E-state index contributed by atoms with van der Waals surface area (Å²) < 4.78 is 1.59. The maximum atomic E-state index is 11.9. The van der Waals surface area contributed by atoms with E-state index < -0.39 is 5.97 Å². The van der Waals surface area contributed by atoms with Crippen molar-refractivity contribution in [3.05, 3.63) is 18.2 Å². The Morgan fingerprint density at radius 3 is 2.59 bits per heavy atom. The molecule has 1 aromatic heterocycles. The largest absolute Gasteiger partial charge is 0.481 e. The van der Waals surface area contributed by atoms with Gasteiger partial charge in [0.25, 0.3) is 5.91 Å². The van der Waals surface area contributed by atoms with Crippen LogP contribution in [0.2, 0.25) is 0 Å². The van der Waals surface area contributed by atoms with Gasteiger partial charge in [0.1, 0.15) is 5.69 Å². The molecule has 0 saturated carbocycles. The van der Waals surface area contributed by atoms with Gasteiger partial charge in [-0.15, -0.1) is 0 Å². The summed E-state index contributed by atoms with van der Waals surface area (Å²) in [5, 5.41) is 11.5. The Morgan fingerprint density at radius 1 is 1.53 bits per heavy atom. The first-order chi connectivity index (χ1) is 7.91. The first-order valence-corrected chi connectivity index (χ1v) is 5.40. The van der Waals surface area contributed by atoms with E-state index in [9.17, 15) is 9.59 Å². The Kier molecular flexibility index (Phi) is 4.25. The number of aryl methyl sites for hydroxylation is 1. The molecule has 17 heavy (non-hydrogen) atoms. The minimum absolute atomic E-state index is 0.0586. The number of nitrogens with zero attached hydrogens (tertiary/aromatic N) is 2. The Hall–Kier alpha value is -1.85. The average Bonchev–Trinajstić information content (AvgIpc) is 2.62. The van der Waals surface area contributed by atoms with Gasteiger partial charge in [-0.1, -0.05) is 13.8 Å². The average molecular weight is 239 g/mol. The maximum absolute atomic E-state index is 11.9. The molecule has 0 aliphatic carbocycles. The van der Waals surface area contributed by atoms with Gasteiger partial charge < -0.3 is 15.0 Å². The number of aliphatic carboxylic acids is 1. The van der Waals surface area contributed by atoms with Crippen molar-refractivity contribution in [3.8, 4) is 0 Å². The second-order valence-corrected chi connectivity index (χ2v) is 4.31. The molecule has 1 atom stereocenters. The van der Waals surface area contributed by atoms with Crippen molar-refractivity contribution in [1.82, 2.24) is 14.9 Å². The van der Waals surface area contributed by atoms with Crippen LogP contribution in [-0.2, 0) is 11.8 Å². The Morgan fingerprint density at radius 2 is 2.18 bits per heavy atom. The van der Waals surface area contributed by atoms with E-state index in [1.54, 1.807) is 11.6 Å². The summed E-state index contributed by atoms with van der Waals surface area (Å²) in [5.41, 5.74) is 0.418. The molecule has 6 nitrogen and oxygen atoms in total. The number of imidazole rings is 1. The SMILES string of the molecule is CC(C)C(CC(=O)O)NC(=O)c1cncn1C. The highest BCUT2D eigenvalue weighted by Crippen LogP contribution is 2.07. The van der Waals surface area contributed by atoms with Crippen LogP contribution < -0.4 is 5.32 Å². The number of carboxylic acid groups (broad SMARTS) is 1. The van der Waals surface area contributed by atoms with E-state index in [4.69, 9.17) is 5.11 Å². The number of amides is 1. The van der Waals surface area contributed by atoms with Crippen molar-refractivity contribution in [1.29, 1.82) is 0 Å². The third kappa shape index (κ3) is 3.58. The number of hydrogen-bond acceptors (Lipinski definition) is 3. The molecule has 1 aromatic rings.